The number of nitro benzene ring substituents is 1. The fourth-order valence-electron chi connectivity index (χ4n) is 2.67. The van der Waals surface area contributed by atoms with E-state index >= 15 is 0 Å². The van der Waals surface area contributed by atoms with Crippen LogP contribution in [0.4, 0.5) is 5.69 Å². The Morgan fingerprint density at radius 3 is 2.73 bits per heavy atom. The van der Waals surface area contributed by atoms with Gasteiger partial charge in [0.2, 0.25) is 0 Å². The molecule has 0 amide bonds. The van der Waals surface area contributed by atoms with Crippen molar-refractivity contribution >= 4 is 15.5 Å². The van der Waals surface area contributed by atoms with Crippen LogP contribution in [0.1, 0.15) is 13.3 Å². The predicted molar refractivity (Wildman–Crippen MR) is 82.9 cm³/mol. The number of hydrogen-bond acceptors (Lipinski definition) is 6. The molecule has 0 aliphatic carbocycles. The second-order valence-electron chi connectivity index (χ2n) is 5.26. The first-order valence-corrected chi connectivity index (χ1v) is 9.06. The van der Waals surface area contributed by atoms with E-state index in [0.717, 1.165) is 6.54 Å². The first-order chi connectivity index (χ1) is 10.4. The summed E-state index contributed by atoms with van der Waals surface area (Å²) in [5.74, 6) is 0.661. The molecule has 0 spiro atoms. The zero-order valence-corrected chi connectivity index (χ0v) is 13.3. The molecule has 1 aliphatic heterocycles. The van der Waals surface area contributed by atoms with E-state index in [2.05, 4.69) is 4.90 Å². The number of para-hydroxylation sites is 2. The van der Waals surface area contributed by atoms with Crippen molar-refractivity contribution in [1.29, 1.82) is 0 Å². The van der Waals surface area contributed by atoms with E-state index in [1.165, 1.54) is 6.07 Å². The average Bonchev–Trinajstić information content (AvgIpc) is 2.84. The van der Waals surface area contributed by atoms with E-state index in [0.29, 0.717) is 13.0 Å². The lowest BCUT2D eigenvalue weighted by Crippen LogP contribution is -2.38. The molecular formula is C14H20N2O5S. The maximum absolute atomic E-state index is 11.5. The smallest absolute Gasteiger partial charge is 0.310 e. The Kier molecular flexibility index (Phi) is 5.36. The van der Waals surface area contributed by atoms with E-state index in [4.69, 9.17) is 4.74 Å². The third-order valence-electron chi connectivity index (χ3n) is 3.83. The molecule has 1 aliphatic rings. The molecule has 1 aromatic carbocycles. The van der Waals surface area contributed by atoms with Crippen LogP contribution < -0.4 is 4.74 Å². The van der Waals surface area contributed by atoms with Gasteiger partial charge in [-0.3, -0.25) is 15.0 Å². The molecule has 1 atom stereocenters. The van der Waals surface area contributed by atoms with Gasteiger partial charge in [0.25, 0.3) is 0 Å². The number of hydrogen-bond donors (Lipinski definition) is 0. The molecule has 8 heteroatoms. The Hall–Kier alpha value is -1.67. The van der Waals surface area contributed by atoms with Gasteiger partial charge in [0, 0.05) is 18.7 Å². The second-order valence-corrected chi connectivity index (χ2v) is 7.49. The minimum Gasteiger partial charge on any atom is -0.485 e. The number of rotatable bonds is 7. The molecular weight excluding hydrogens is 308 g/mol. The van der Waals surface area contributed by atoms with Crippen molar-refractivity contribution in [2.45, 2.75) is 19.4 Å². The van der Waals surface area contributed by atoms with E-state index < -0.39 is 14.8 Å². The average molecular weight is 328 g/mol. The predicted octanol–water partition coefficient (Wildman–Crippen LogP) is 1.48. The van der Waals surface area contributed by atoms with Gasteiger partial charge in [-0.1, -0.05) is 19.1 Å². The van der Waals surface area contributed by atoms with Crippen molar-refractivity contribution < 1.29 is 18.1 Å². The summed E-state index contributed by atoms with van der Waals surface area (Å²) in [7, 11) is -2.92. The van der Waals surface area contributed by atoms with Gasteiger partial charge < -0.3 is 4.74 Å². The quantitative estimate of drug-likeness (QED) is 0.556. The van der Waals surface area contributed by atoms with Crippen LogP contribution in [-0.4, -0.2) is 55.5 Å². The summed E-state index contributed by atoms with van der Waals surface area (Å²) in [4.78, 5) is 12.5. The van der Waals surface area contributed by atoms with Crippen LogP contribution in [0.25, 0.3) is 0 Å². The van der Waals surface area contributed by atoms with E-state index in [1.54, 1.807) is 18.2 Å². The highest BCUT2D eigenvalue weighted by atomic mass is 32.2. The lowest BCUT2D eigenvalue weighted by Gasteiger charge is -2.26. The standard InChI is InChI=1S/C14H20N2O5S/c1-2-15(12-7-10-22(19,20)11-12)8-9-21-14-6-4-3-5-13(14)16(17)18/h3-6,12H,2,7-11H2,1H3/t12-/m1/s1. The Morgan fingerprint density at radius 2 is 2.14 bits per heavy atom. The van der Waals surface area contributed by atoms with Crippen molar-refractivity contribution in [2.24, 2.45) is 0 Å². The molecule has 0 bridgehead atoms. The van der Waals surface area contributed by atoms with Crippen LogP contribution in [0.5, 0.6) is 5.75 Å². The number of likely N-dealkylation sites (N-methyl/N-ethyl adjacent to an activating group) is 1. The zero-order chi connectivity index (χ0) is 16.2. The largest absolute Gasteiger partial charge is 0.485 e. The summed E-state index contributed by atoms with van der Waals surface area (Å²) in [6, 6.07) is 6.26. The maximum atomic E-state index is 11.5. The Balaban J connectivity index is 1.91. The minimum absolute atomic E-state index is 0.0179. The molecule has 0 radical (unpaired) electrons. The minimum atomic E-state index is -2.92. The Bertz CT molecular complexity index is 632. The van der Waals surface area contributed by atoms with Crippen molar-refractivity contribution in [1.82, 2.24) is 4.90 Å². The van der Waals surface area contributed by atoms with Crippen molar-refractivity contribution in [3.8, 4) is 5.75 Å². The molecule has 7 nitrogen and oxygen atoms in total. The molecule has 1 fully saturated rings. The van der Waals surface area contributed by atoms with Crippen LogP contribution in [0.3, 0.4) is 0 Å². The lowest BCUT2D eigenvalue weighted by atomic mass is 10.2. The number of nitrogens with zero attached hydrogens (tertiary/aromatic N) is 2. The van der Waals surface area contributed by atoms with E-state index in [9.17, 15) is 18.5 Å². The summed E-state index contributed by atoms with van der Waals surface area (Å²) in [5, 5.41) is 10.9. The third-order valence-corrected chi connectivity index (χ3v) is 5.58. The lowest BCUT2D eigenvalue weighted by molar-refractivity contribution is -0.385. The summed E-state index contributed by atoms with van der Waals surface area (Å²) >= 11 is 0. The second kappa shape index (κ2) is 7.06. The first kappa shape index (κ1) is 16.7. The fraction of sp³-hybridized carbons (Fsp3) is 0.571. The van der Waals surface area contributed by atoms with Crippen LogP contribution >= 0.6 is 0 Å². The normalized spacial score (nSPS) is 20.2. The Labute approximate surface area is 129 Å². The van der Waals surface area contributed by atoms with Crippen LogP contribution in [0, 0.1) is 10.1 Å². The molecule has 1 aromatic rings. The van der Waals surface area contributed by atoms with E-state index in [-0.39, 0.29) is 35.6 Å². The van der Waals surface area contributed by atoms with Crippen LogP contribution in [0.2, 0.25) is 0 Å². The molecule has 0 saturated carbocycles. The zero-order valence-electron chi connectivity index (χ0n) is 12.5. The van der Waals surface area contributed by atoms with Gasteiger partial charge in [0.1, 0.15) is 6.61 Å². The molecule has 22 heavy (non-hydrogen) atoms. The van der Waals surface area contributed by atoms with Gasteiger partial charge in [-0.25, -0.2) is 8.42 Å². The molecule has 122 valence electrons. The molecule has 0 N–H and O–H groups in total. The van der Waals surface area contributed by atoms with Gasteiger partial charge in [-0.05, 0) is 19.0 Å². The van der Waals surface area contributed by atoms with Gasteiger partial charge in [-0.2, -0.15) is 0 Å². The third kappa shape index (κ3) is 4.17. The van der Waals surface area contributed by atoms with Gasteiger partial charge in [-0.15, -0.1) is 0 Å². The maximum Gasteiger partial charge on any atom is 0.310 e. The SMILES string of the molecule is CCN(CCOc1ccccc1[N+](=O)[O-])[C@@H]1CCS(=O)(=O)C1. The topological polar surface area (TPSA) is 89.8 Å². The van der Waals surface area contributed by atoms with E-state index in [1.807, 2.05) is 6.92 Å². The molecule has 2 rings (SSSR count). The monoisotopic (exact) mass is 328 g/mol. The summed E-state index contributed by atoms with van der Waals surface area (Å²) in [5.41, 5.74) is -0.0611. The number of sulfone groups is 1. The highest BCUT2D eigenvalue weighted by molar-refractivity contribution is 7.91. The molecule has 1 heterocycles. The highest BCUT2D eigenvalue weighted by Crippen LogP contribution is 2.26. The molecule has 0 aromatic heterocycles. The summed E-state index contributed by atoms with van der Waals surface area (Å²) in [6.07, 6.45) is 0.641. The van der Waals surface area contributed by atoms with Crippen LogP contribution in [0.15, 0.2) is 24.3 Å². The van der Waals surface area contributed by atoms with Crippen molar-refractivity contribution in [3.05, 3.63) is 34.4 Å². The van der Waals surface area contributed by atoms with Gasteiger partial charge in [0.05, 0.1) is 16.4 Å². The van der Waals surface area contributed by atoms with Gasteiger partial charge in [0.15, 0.2) is 15.6 Å². The summed E-state index contributed by atoms with van der Waals surface area (Å²) < 4.78 is 28.6. The van der Waals surface area contributed by atoms with Gasteiger partial charge >= 0.3 is 5.69 Å². The Morgan fingerprint density at radius 1 is 1.41 bits per heavy atom. The first-order valence-electron chi connectivity index (χ1n) is 7.23. The highest BCUT2D eigenvalue weighted by Gasteiger charge is 2.31. The number of benzene rings is 1. The fourth-order valence-corrected chi connectivity index (χ4v) is 4.43. The van der Waals surface area contributed by atoms with Crippen LogP contribution in [-0.2, 0) is 9.84 Å². The number of ether oxygens (including phenoxy) is 1. The molecule has 0 unspecified atom stereocenters. The van der Waals surface area contributed by atoms with Crippen molar-refractivity contribution in [2.75, 3.05) is 31.2 Å². The van der Waals surface area contributed by atoms with Crippen molar-refractivity contribution in [3.63, 3.8) is 0 Å². The summed E-state index contributed by atoms with van der Waals surface area (Å²) in [6.45, 7) is 3.52. The molecule has 1 saturated heterocycles. The number of nitro groups is 1.